The number of carbonyl (C=O) groups is 3. The molecule has 40 heavy (non-hydrogen) atoms. The van der Waals surface area contributed by atoms with E-state index in [9.17, 15) is 33.8 Å². The Balaban J connectivity index is 1.83. The van der Waals surface area contributed by atoms with Gasteiger partial charge in [0.25, 0.3) is 0 Å². The van der Waals surface area contributed by atoms with Gasteiger partial charge in [-0.1, -0.05) is 12.1 Å². The molecule has 3 rings (SSSR count). The molecule has 1 fully saturated rings. The second-order valence-corrected chi connectivity index (χ2v) is 11.1. The summed E-state index contributed by atoms with van der Waals surface area (Å²) in [5.41, 5.74) is 0.600. The van der Waals surface area contributed by atoms with Crippen LogP contribution >= 0.6 is 7.60 Å². The Labute approximate surface area is 231 Å². The van der Waals surface area contributed by atoms with Gasteiger partial charge in [0.2, 0.25) is 18.3 Å². The highest BCUT2D eigenvalue weighted by Gasteiger charge is 2.50. The number of nitrogens with one attached hydrogen (secondary N) is 1. The molecule has 1 aliphatic heterocycles. The van der Waals surface area contributed by atoms with E-state index in [0.29, 0.717) is 24.9 Å². The van der Waals surface area contributed by atoms with Gasteiger partial charge >= 0.3 is 19.5 Å². The SMILES string of the molecule is C#CCCCC(=O)Nc1ccc2cc(O[C@H]3O[C@H](CCP(=O)(O)O)[C@@H](O)[C@H](OC(C)=O)[C@@H]3OC(C)=O)ccc2c1. The molecular weight excluding hydrogens is 545 g/mol. The molecule has 0 unspecified atom stereocenters. The van der Waals surface area contributed by atoms with E-state index in [2.05, 4.69) is 11.2 Å². The van der Waals surface area contributed by atoms with Crippen molar-refractivity contribution in [2.45, 2.75) is 70.2 Å². The Morgan fingerprint density at radius 3 is 2.35 bits per heavy atom. The average Bonchev–Trinajstić information content (AvgIpc) is 2.86. The highest BCUT2D eigenvalue weighted by atomic mass is 31.2. The summed E-state index contributed by atoms with van der Waals surface area (Å²) >= 11 is 0. The van der Waals surface area contributed by atoms with E-state index < -0.39 is 56.4 Å². The van der Waals surface area contributed by atoms with Gasteiger partial charge < -0.3 is 39.2 Å². The Morgan fingerprint density at radius 1 is 1.05 bits per heavy atom. The summed E-state index contributed by atoms with van der Waals surface area (Å²) in [6.45, 7) is 2.22. The zero-order valence-electron chi connectivity index (χ0n) is 22.0. The minimum absolute atomic E-state index is 0.154. The van der Waals surface area contributed by atoms with Gasteiger partial charge in [-0.05, 0) is 47.9 Å². The maximum absolute atomic E-state index is 12.1. The molecule has 13 heteroatoms. The predicted octanol–water partition coefficient (Wildman–Crippen LogP) is 2.48. The standard InChI is InChI=1S/C27H32NO11P/c1-4-5-6-7-23(31)28-20-10-8-19-15-21(11-9-18(19)14-20)38-27-26(37-17(3)30)25(36-16(2)29)24(32)22(39-27)12-13-40(33,34)35/h1,8-11,14-15,22,24-27,32H,5-7,12-13H2,2-3H3,(H,28,31)(H2,33,34,35)/t22-,24-,25+,26+,27+/m1/s1. The number of unbranched alkanes of at least 4 members (excludes halogenated alkanes) is 1. The molecular formula is C27H32NO11P. The zero-order valence-corrected chi connectivity index (χ0v) is 22.9. The normalized spacial score (nSPS) is 22.6. The molecule has 5 atom stereocenters. The molecule has 1 amide bonds. The molecule has 1 heterocycles. The Kier molecular flexibility index (Phi) is 10.7. The lowest BCUT2D eigenvalue weighted by atomic mass is 9.96. The summed E-state index contributed by atoms with van der Waals surface area (Å²) < 4.78 is 33.7. The number of carbonyl (C=O) groups excluding carboxylic acids is 3. The van der Waals surface area contributed by atoms with Gasteiger partial charge in [0.05, 0.1) is 12.3 Å². The molecule has 4 N–H and O–H groups in total. The van der Waals surface area contributed by atoms with Crippen LogP contribution in [-0.4, -0.2) is 69.6 Å². The topological polar surface area (TPSA) is 178 Å². The number of ether oxygens (including phenoxy) is 4. The molecule has 0 bridgehead atoms. The third-order valence-electron chi connectivity index (χ3n) is 6.00. The van der Waals surface area contributed by atoms with E-state index >= 15 is 0 Å². The monoisotopic (exact) mass is 577 g/mol. The van der Waals surface area contributed by atoms with Crippen molar-refractivity contribution in [1.82, 2.24) is 0 Å². The van der Waals surface area contributed by atoms with Crippen LogP contribution < -0.4 is 10.1 Å². The van der Waals surface area contributed by atoms with Crippen LogP contribution in [0, 0.1) is 12.3 Å². The summed E-state index contributed by atoms with van der Waals surface area (Å²) in [6.07, 6.45) is -1.23. The van der Waals surface area contributed by atoms with E-state index in [1.807, 2.05) is 0 Å². The molecule has 12 nitrogen and oxygen atoms in total. The van der Waals surface area contributed by atoms with Crippen LogP contribution in [0.4, 0.5) is 5.69 Å². The number of benzene rings is 2. The third-order valence-corrected chi connectivity index (χ3v) is 6.84. The van der Waals surface area contributed by atoms with Crippen LogP contribution in [-0.2, 0) is 33.2 Å². The molecule has 216 valence electrons. The molecule has 0 radical (unpaired) electrons. The maximum atomic E-state index is 12.1. The Hall–Kier alpha value is -3.46. The number of aliphatic hydroxyl groups is 1. The number of rotatable bonds is 11. The van der Waals surface area contributed by atoms with Gasteiger partial charge in [0, 0.05) is 32.4 Å². The molecule has 1 saturated heterocycles. The van der Waals surface area contributed by atoms with Gasteiger partial charge in [0.1, 0.15) is 11.9 Å². The van der Waals surface area contributed by atoms with E-state index in [0.717, 1.165) is 24.6 Å². The number of anilines is 1. The molecule has 2 aromatic carbocycles. The van der Waals surface area contributed by atoms with Crippen molar-refractivity contribution in [2.75, 3.05) is 11.5 Å². The van der Waals surface area contributed by atoms with Crippen LogP contribution in [0.15, 0.2) is 36.4 Å². The van der Waals surface area contributed by atoms with Crippen LogP contribution in [0.25, 0.3) is 10.8 Å². The lowest BCUT2D eigenvalue weighted by Gasteiger charge is -2.43. The van der Waals surface area contributed by atoms with Crippen molar-refractivity contribution in [1.29, 1.82) is 0 Å². The number of amides is 1. The summed E-state index contributed by atoms with van der Waals surface area (Å²) in [5, 5.41) is 15.1. The molecule has 0 spiro atoms. The van der Waals surface area contributed by atoms with Crippen LogP contribution in [0.1, 0.15) is 39.5 Å². The van der Waals surface area contributed by atoms with Crippen molar-refractivity contribution in [2.24, 2.45) is 0 Å². The van der Waals surface area contributed by atoms with Crippen LogP contribution in [0.3, 0.4) is 0 Å². The first-order valence-corrected chi connectivity index (χ1v) is 14.3. The van der Waals surface area contributed by atoms with Gasteiger partial charge in [-0.2, -0.15) is 0 Å². The van der Waals surface area contributed by atoms with Crippen molar-refractivity contribution in [3.63, 3.8) is 0 Å². The maximum Gasteiger partial charge on any atom is 0.325 e. The first-order valence-electron chi connectivity index (χ1n) is 12.5. The number of hydrogen-bond acceptors (Lipinski definition) is 9. The molecule has 0 aromatic heterocycles. The second kappa shape index (κ2) is 13.7. The van der Waals surface area contributed by atoms with E-state index in [-0.39, 0.29) is 18.1 Å². The minimum atomic E-state index is -4.44. The van der Waals surface area contributed by atoms with Crippen molar-refractivity contribution in [3.05, 3.63) is 36.4 Å². The lowest BCUT2D eigenvalue weighted by molar-refractivity contribution is -0.280. The smallest absolute Gasteiger partial charge is 0.325 e. The molecule has 2 aromatic rings. The van der Waals surface area contributed by atoms with Crippen molar-refractivity contribution in [3.8, 4) is 18.1 Å². The quantitative estimate of drug-likeness (QED) is 0.133. The summed E-state index contributed by atoms with van der Waals surface area (Å²) in [5.74, 6) is 1.08. The Morgan fingerprint density at radius 2 is 1.70 bits per heavy atom. The number of esters is 2. The fraction of sp³-hybridized carbons (Fsp3) is 0.444. The van der Waals surface area contributed by atoms with Crippen LogP contribution in [0.5, 0.6) is 5.75 Å². The first-order chi connectivity index (χ1) is 18.9. The molecule has 0 aliphatic carbocycles. The Bertz CT molecular complexity index is 1320. The highest BCUT2D eigenvalue weighted by Crippen LogP contribution is 2.38. The van der Waals surface area contributed by atoms with E-state index in [1.165, 1.54) is 0 Å². The highest BCUT2D eigenvalue weighted by molar-refractivity contribution is 7.51. The minimum Gasteiger partial charge on any atom is -0.461 e. The number of hydrogen-bond donors (Lipinski definition) is 4. The number of aliphatic hydroxyl groups excluding tert-OH is 1. The zero-order chi connectivity index (χ0) is 29.4. The number of fused-ring (bicyclic) bond motifs is 1. The van der Waals surface area contributed by atoms with Gasteiger partial charge in [-0.15, -0.1) is 12.3 Å². The van der Waals surface area contributed by atoms with Crippen molar-refractivity contribution >= 4 is 41.9 Å². The fourth-order valence-electron chi connectivity index (χ4n) is 4.25. The predicted molar refractivity (Wildman–Crippen MR) is 143 cm³/mol. The average molecular weight is 578 g/mol. The van der Waals surface area contributed by atoms with Crippen LogP contribution in [0.2, 0.25) is 0 Å². The first kappa shape index (κ1) is 31.1. The van der Waals surface area contributed by atoms with Crippen molar-refractivity contribution < 1.29 is 52.8 Å². The largest absolute Gasteiger partial charge is 0.461 e. The second-order valence-electron chi connectivity index (χ2n) is 9.31. The van der Waals surface area contributed by atoms with E-state index in [4.69, 9.17) is 25.4 Å². The van der Waals surface area contributed by atoms with E-state index in [1.54, 1.807) is 36.4 Å². The summed E-state index contributed by atoms with van der Waals surface area (Å²) in [4.78, 5) is 54.3. The fourth-order valence-corrected chi connectivity index (χ4v) is 4.84. The summed E-state index contributed by atoms with van der Waals surface area (Å²) in [7, 11) is -4.44. The van der Waals surface area contributed by atoms with Gasteiger partial charge in [-0.25, -0.2) is 0 Å². The molecule has 1 aliphatic rings. The number of terminal acetylenes is 1. The third kappa shape index (κ3) is 9.05. The summed E-state index contributed by atoms with van der Waals surface area (Å²) in [6, 6.07) is 10.3. The van der Waals surface area contributed by atoms with Gasteiger partial charge in [0.15, 0.2) is 6.10 Å². The lowest BCUT2D eigenvalue weighted by Crippen LogP contribution is -2.61. The van der Waals surface area contributed by atoms with Gasteiger partial charge in [-0.3, -0.25) is 18.9 Å². The molecule has 0 saturated carbocycles.